The lowest BCUT2D eigenvalue weighted by molar-refractivity contribution is 0.236. The van der Waals surface area contributed by atoms with E-state index >= 15 is 0 Å². The van der Waals surface area contributed by atoms with E-state index in [2.05, 4.69) is 26.6 Å². The van der Waals surface area contributed by atoms with Crippen LogP contribution in [0.25, 0.3) is 0 Å². The summed E-state index contributed by atoms with van der Waals surface area (Å²) in [5.74, 6) is 2.38. The lowest BCUT2D eigenvalue weighted by Gasteiger charge is -2.33. The average Bonchev–Trinajstić information content (AvgIpc) is 2.83. The summed E-state index contributed by atoms with van der Waals surface area (Å²) in [5, 5.41) is 9.73. The predicted molar refractivity (Wildman–Crippen MR) is 73.8 cm³/mol. The fourth-order valence-electron chi connectivity index (χ4n) is 2.27. The molecular formula is C13H19N5O. The molecule has 0 aliphatic carbocycles. The molecule has 2 rings (SSSR count). The molecule has 6 heteroatoms. The number of hydrogen-bond acceptors (Lipinski definition) is 3. The number of piperidine rings is 1. The molecule has 2 N–H and O–H groups in total. The van der Waals surface area contributed by atoms with Gasteiger partial charge in [-0.1, -0.05) is 5.92 Å². The van der Waals surface area contributed by atoms with Gasteiger partial charge in [0.2, 0.25) is 0 Å². The third-order valence-electron chi connectivity index (χ3n) is 3.16. The highest BCUT2D eigenvalue weighted by Gasteiger charge is 2.22. The number of hydrogen-bond donors (Lipinski definition) is 2. The molecule has 0 aromatic carbocycles. The number of carbonyl (C=O) groups excluding carboxylic acids is 1. The average molecular weight is 261 g/mol. The van der Waals surface area contributed by atoms with Gasteiger partial charge in [-0.05, 0) is 12.8 Å². The Bertz CT molecular complexity index is 476. The fourth-order valence-corrected chi connectivity index (χ4v) is 2.27. The minimum atomic E-state index is -0.198. The molecule has 1 aliphatic rings. The zero-order valence-electron chi connectivity index (χ0n) is 11.1. The maximum Gasteiger partial charge on any atom is 0.315 e. The lowest BCUT2D eigenvalue weighted by atomic mass is 10.1. The Morgan fingerprint density at radius 2 is 2.53 bits per heavy atom. The molecule has 19 heavy (non-hydrogen) atoms. The predicted octanol–water partition coefficient (Wildman–Crippen LogP) is 0.321. The molecule has 102 valence electrons. The van der Waals surface area contributed by atoms with Gasteiger partial charge in [-0.25, -0.2) is 4.79 Å². The fraction of sp³-hybridized carbons (Fsp3) is 0.538. The van der Waals surface area contributed by atoms with Crippen molar-refractivity contribution in [3.8, 4) is 12.3 Å². The van der Waals surface area contributed by atoms with Crippen molar-refractivity contribution in [3.63, 3.8) is 0 Å². The highest BCUT2D eigenvalue weighted by atomic mass is 16.2. The molecule has 1 aromatic rings. The van der Waals surface area contributed by atoms with Gasteiger partial charge in [0.05, 0.1) is 18.4 Å². The molecule has 0 unspecified atom stereocenters. The van der Waals surface area contributed by atoms with Crippen molar-refractivity contribution >= 4 is 11.7 Å². The van der Waals surface area contributed by atoms with E-state index in [-0.39, 0.29) is 18.6 Å². The maximum absolute atomic E-state index is 11.6. The molecule has 1 aliphatic heterocycles. The molecule has 2 heterocycles. The van der Waals surface area contributed by atoms with Gasteiger partial charge >= 0.3 is 6.03 Å². The van der Waals surface area contributed by atoms with E-state index in [1.165, 1.54) is 0 Å². The second kappa shape index (κ2) is 6.14. The van der Waals surface area contributed by atoms with Gasteiger partial charge in [-0.15, -0.1) is 6.42 Å². The highest BCUT2D eigenvalue weighted by Crippen LogP contribution is 2.18. The molecular weight excluding hydrogens is 242 g/mol. The highest BCUT2D eigenvalue weighted by molar-refractivity contribution is 5.74. The van der Waals surface area contributed by atoms with Crippen LogP contribution in [-0.4, -0.2) is 41.5 Å². The minimum Gasteiger partial charge on any atom is -0.367 e. The van der Waals surface area contributed by atoms with Gasteiger partial charge in [-0.2, -0.15) is 5.10 Å². The van der Waals surface area contributed by atoms with Crippen molar-refractivity contribution in [2.45, 2.75) is 18.9 Å². The van der Waals surface area contributed by atoms with Crippen molar-refractivity contribution in [1.29, 1.82) is 0 Å². The number of rotatable bonds is 3. The zero-order chi connectivity index (χ0) is 13.7. The summed E-state index contributed by atoms with van der Waals surface area (Å²) in [7, 11) is 1.90. The van der Waals surface area contributed by atoms with Crippen LogP contribution in [0.1, 0.15) is 12.8 Å². The van der Waals surface area contributed by atoms with Crippen LogP contribution in [0.3, 0.4) is 0 Å². The SMILES string of the molecule is C#CCNC(=O)N[C@@H]1CCCN(c2cnn(C)c2)C1. The first-order chi connectivity index (χ1) is 9.19. The third-order valence-corrected chi connectivity index (χ3v) is 3.16. The Morgan fingerprint density at radius 1 is 1.68 bits per heavy atom. The number of anilines is 1. The van der Waals surface area contributed by atoms with Crippen molar-refractivity contribution in [2.24, 2.45) is 7.05 Å². The Morgan fingerprint density at radius 3 is 3.21 bits per heavy atom. The Labute approximate surface area is 113 Å². The molecule has 0 spiro atoms. The van der Waals surface area contributed by atoms with Crippen LogP contribution >= 0.6 is 0 Å². The quantitative estimate of drug-likeness (QED) is 0.770. The maximum atomic E-state index is 11.6. The van der Waals surface area contributed by atoms with Crippen LogP contribution in [-0.2, 0) is 7.05 Å². The van der Waals surface area contributed by atoms with Crippen LogP contribution in [0.5, 0.6) is 0 Å². The van der Waals surface area contributed by atoms with E-state index in [4.69, 9.17) is 6.42 Å². The molecule has 2 amide bonds. The van der Waals surface area contributed by atoms with E-state index in [9.17, 15) is 4.79 Å². The Balaban J connectivity index is 1.87. The number of aromatic nitrogens is 2. The first kappa shape index (κ1) is 13.3. The number of urea groups is 1. The second-order valence-electron chi connectivity index (χ2n) is 4.69. The second-order valence-corrected chi connectivity index (χ2v) is 4.69. The van der Waals surface area contributed by atoms with Gasteiger partial charge in [0.1, 0.15) is 0 Å². The molecule has 6 nitrogen and oxygen atoms in total. The number of nitrogens with one attached hydrogen (secondary N) is 2. The van der Waals surface area contributed by atoms with E-state index < -0.39 is 0 Å². The summed E-state index contributed by atoms with van der Waals surface area (Å²) in [6.07, 6.45) is 11.0. The van der Waals surface area contributed by atoms with Gasteiger partial charge in [0, 0.05) is 32.4 Å². The monoisotopic (exact) mass is 261 g/mol. The molecule has 0 saturated carbocycles. The van der Waals surface area contributed by atoms with E-state index in [0.29, 0.717) is 0 Å². The summed E-state index contributed by atoms with van der Waals surface area (Å²) >= 11 is 0. The summed E-state index contributed by atoms with van der Waals surface area (Å²) in [6, 6.07) is -0.0530. The van der Waals surface area contributed by atoms with Crippen LogP contribution in [0, 0.1) is 12.3 Å². The third kappa shape index (κ3) is 3.65. The van der Waals surface area contributed by atoms with Gasteiger partial charge in [0.25, 0.3) is 0 Å². The van der Waals surface area contributed by atoms with Crippen LogP contribution < -0.4 is 15.5 Å². The minimum absolute atomic E-state index is 0.145. The van der Waals surface area contributed by atoms with Gasteiger partial charge in [-0.3, -0.25) is 4.68 Å². The molecule has 1 saturated heterocycles. The standard InChI is InChI=1S/C13H19N5O/c1-3-6-14-13(19)16-11-5-4-7-18(9-11)12-8-15-17(2)10-12/h1,8,10-11H,4-7,9H2,2H3,(H2,14,16,19)/t11-/m1/s1. The summed E-state index contributed by atoms with van der Waals surface area (Å²) < 4.78 is 1.78. The molecule has 1 fully saturated rings. The van der Waals surface area contributed by atoms with E-state index in [0.717, 1.165) is 31.6 Å². The normalized spacial score (nSPS) is 18.7. The number of nitrogens with zero attached hydrogens (tertiary/aromatic N) is 3. The Hall–Kier alpha value is -2.16. The molecule has 1 aromatic heterocycles. The lowest BCUT2D eigenvalue weighted by Crippen LogP contribution is -2.50. The zero-order valence-corrected chi connectivity index (χ0v) is 11.1. The molecule has 1 atom stereocenters. The largest absolute Gasteiger partial charge is 0.367 e. The van der Waals surface area contributed by atoms with Crippen molar-refractivity contribution in [2.75, 3.05) is 24.5 Å². The molecule has 0 bridgehead atoms. The number of aryl methyl sites for hydroxylation is 1. The summed E-state index contributed by atoms with van der Waals surface area (Å²) in [6.45, 7) is 2.05. The van der Waals surface area contributed by atoms with Crippen molar-refractivity contribution in [1.82, 2.24) is 20.4 Å². The van der Waals surface area contributed by atoms with Crippen LogP contribution in [0.15, 0.2) is 12.4 Å². The van der Waals surface area contributed by atoms with Gasteiger partial charge < -0.3 is 15.5 Å². The van der Waals surface area contributed by atoms with Gasteiger partial charge in [0.15, 0.2) is 0 Å². The summed E-state index contributed by atoms with van der Waals surface area (Å²) in [5.41, 5.74) is 1.10. The number of carbonyl (C=O) groups is 1. The van der Waals surface area contributed by atoms with E-state index in [1.54, 1.807) is 4.68 Å². The number of amides is 2. The first-order valence-corrected chi connectivity index (χ1v) is 6.40. The first-order valence-electron chi connectivity index (χ1n) is 6.40. The Kier molecular flexibility index (Phi) is 4.29. The van der Waals surface area contributed by atoms with Crippen LogP contribution in [0.2, 0.25) is 0 Å². The van der Waals surface area contributed by atoms with E-state index in [1.807, 2.05) is 19.4 Å². The van der Waals surface area contributed by atoms with Crippen molar-refractivity contribution in [3.05, 3.63) is 12.4 Å². The smallest absolute Gasteiger partial charge is 0.315 e. The number of terminal acetylenes is 1. The summed E-state index contributed by atoms with van der Waals surface area (Å²) in [4.78, 5) is 13.8. The van der Waals surface area contributed by atoms with Crippen molar-refractivity contribution < 1.29 is 4.79 Å². The topological polar surface area (TPSA) is 62.2 Å². The molecule has 0 radical (unpaired) electrons. The van der Waals surface area contributed by atoms with Crippen LogP contribution in [0.4, 0.5) is 10.5 Å².